The molecule has 29 heavy (non-hydrogen) atoms. The summed E-state index contributed by atoms with van der Waals surface area (Å²) in [7, 11) is 0. The topological polar surface area (TPSA) is 84.0 Å². The van der Waals surface area contributed by atoms with Gasteiger partial charge in [-0.2, -0.15) is 0 Å². The second-order valence-electron chi connectivity index (χ2n) is 6.24. The van der Waals surface area contributed by atoms with Crippen LogP contribution in [-0.2, 0) is 9.59 Å². The molecule has 1 aromatic rings. The molecule has 0 fully saturated rings. The summed E-state index contributed by atoms with van der Waals surface area (Å²) >= 11 is 39.1. The molecule has 1 aromatic heterocycles. The van der Waals surface area contributed by atoms with E-state index in [1.165, 1.54) is 0 Å². The maximum atomic E-state index is 12.0. The smallest absolute Gasteiger partial charge is 0.223 e. The summed E-state index contributed by atoms with van der Waals surface area (Å²) in [5.41, 5.74) is 0. The minimum Gasteiger partial charge on any atom is -0.340 e. The molecule has 0 aliphatic carbocycles. The Balaban J connectivity index is 2.92. The molecule has 166 valence electrons. The van der Waals surface area contributed by atoms with E-state index in [2.05, 4.69) is 20.8 Å². The summed E-state index contributed by atoms with van der Waals surface area (Å²) < 4.78 is -2.71. The zero-order valence-corrected chi connectivity index (χ0v) is 22.5. The summed E-state index contributed by atoms with van der Waals surface area (Å²) in [6.45, 7) is 6.88. The summed E-state index contributed by atoms with van der Waals surface area (Å²) in [5.74, 6) is -1.14. The Bertz CT molecular complexity index is 652. The Hall–Kier alpha value is 0.940. The van der Waals surface area contributed by atoms with Crippen molar-refractivity contribution < 1.29 is 9.59 Å². The largest absolute Gasteiger partial charge is 0.340 e. The highest BCUT2D eigenvalue weighted by molar-refractivity contribution is 8.04. The molecular formula is C14H18Cl6N4O2S3. The van der Waals surface area contributed by atoms with E-state index in [-0.39, 0.29) is 23.7 Å². The van der Waals surface area contributed by atoms with Crippen molar-refractivity contribution in [3.05, 3.63) is 0 Å². The number of nitrogens with one attached hydrogen (secondary N) is 2. The lowest BCUT2D eigenvalue weighted by Crippen LogP contribution is -2.43. The monoisotopic (exact) mass is 580 g/mol. The molecule has 0 saturated heterocycles. The van der Waals surface area contributed by atoms with Crippen LogP contribution in [0, 0.1) is 11.8 Å². The summed E-state index contributed by atoms with van der Waals surface area (Å²) in [6, 6.07) is 0. The fraction of sp³-hybridized carbons (Fsp3) is 0.714. The molecule has 0 saturated carbocycles. The summed E-state index contributed by atoms with van der Waals surface area (Å²) in [5, 5.41) is 11.6. The lowest BCUT2D eigenvalue weighted by Gasteiger charge is -2.25. The van der Waals surface area contributed by atoms with Crippen LogP contribution in [0.5, 0.6) is 0 Å². The van der Waals surface area contributed by atoms with Gasteiger partial charge in [-0.3, -0.25) is 9.59 Å². The van der Waals surface area contributed by atoms with Gasteiger partial charge >= 0.3 is 0 Å². The van der Waals surface area contributed by atoms with E-state index in [1.54, 1.807) is 27.7 Å². The highest BCUT2D eigenvalue weighted by Crippen LogP contribution is 2.44. The molecule has 2 atom stereocenters. The molecule has 6 nitrogen and oxygen atoms in total. The molecular weight excluding hydrogens is 565 g/mol. The van der Waals surface area contributed by atoms with Crippen LogP contribution in [0.25, 0.3) is 0 Å². The molecule has 1 rings (SSSR count). The van der Waals surface area contributed by atoms with Gasteiger partial charge in [0.2, 0.25) is 19.4 Å². The van der Waals surface area contributed by atoms with E-state index in [4.69, 9.17) is 69.6 Å². The maximum absolute atomic E-state index is 12.0. The third-order valence-electron chi connectivity index (χ3n) is 3.02. The number of aromatic nitrogens is 2. The first-order valence-electron chi connectivity index (χ1n) is 8.02. The first kappa shape index (κ1) is 28.0. The van der Waals surface area contributed by atoms with Crippen LogP contribution < -0.4 is 10.6 Å². The molecule has 0 aromatic carbocycles. The van der Waals surface area contributed by atoms with E-state index in [0.717, 1.165) is 34.9 Å². The quantitative estimate of drug-likeness (QED) is 0.234. The van der Waals surface area contributed by atoms with Crippen LogP contribution in [0.2, 0.25) is 0 Å². The Kier molecular flexibility index (Phi) is 11.3. The van der Waals surface area contributed by atoms with E-state index < -0.39 is 18.3 Å². The Morgan fingerprint density at radius 1 is 0.793 bits per heavy atom. The van der Waals surface area contributed by atoms with Crippen molar-refractivity contribution in [3.8, 4) is 0 Å². The van der Waals surface area contributed by atoms with E-state index >= 15 is 0 Å². The van der Waals surface area contributed by atoms with E-state index in [9.17, 15) is 9.59 Å². The van der Waals surface area contributed by atoms with Crippen LogP contribution in [0.3, 0.4) is 0 Å². The SMILES string of the molecule is CC(C)C(=O)N[C@H](Sc1nnc(S[C@H](NC(=O)C(C)C)C(Cl)(Cl)Cl)s1)C(Cl)(Cl)Cl. The van der Waals surface area contributed by atoms with Crippen molar-refractivity contribution in [2.75, 3.05) is 0 Å². The molecule has 2 amide bonds. The predicted octanol–water partition coefficient (Wildman–Crippen LogP) is 5.66. The summed E-state index contributed by atoms with van der Waals surface area (Å²) in [6.07, 6.45) is 0. The fourth-order valence-corrected chi connectivity index (χ4v) is 5.67. The third kappa shape index (κ3) is 9.95. The molecule has 0 aliphatic rings. The van der Waals surface area contributed by atoms with Crippen molar-refractivity contribution in [3.63, 3.8) is 0 Å². The molecule has 0 aliphatic heterocycles. The lowest BCUT2D eigenvalue weighted by atomic mass is 10.2. The van der Waals surface area contributed by atoms with Crippen LogP contribution in [0.1, 0.15) is 27.7 Å². The van der Waals surface area contributed by atoms with Crippen molar-refractivity contribution in [2.24, 2.45) is 11.8 Å². The Morgan fingerprint density at radius 3 is 1.34 bits per heavy atom. The third-order valence-corrected chi connectivity index (χ3v) is 8.67. The van der Waals surface area contributed by atoms with Crippen LogP contribution >= 0.6 is 104 Å². The highest BCUT2D eigenvalue weighted by Gasteiger charge is 2.38. The molecule has 0 radical (unpaired) electrons. The van der Waals surface area contributed by atoms with Gasteiger partial charge in [-0.1, -0.05) is 132 Å². The fourth-order valence-electron chi connectivity index (χ4n) is 1.44. The number of halogens is 6. The van der Waals surface area contributed by atoms with Gasteiger partial charge in [0.15, 0.2) is 8.68 Å². The average Bonchev–Trinajstić information content (AvgIpc) is 2.98. The van der Waals surface area contributed by atoms with Gasteiger partial charge in [0.25, 0.3) is 0 Å². The van der Waals surface area contributed by atoms with Crippen molar-refractivity contribution >= 4 is 116 Å². The van der Waals surface area contributed by atoms with Crippen LogP contribution in [-0.4, -0.2) is 40.3 Å². The van der Waals surface area contributed by atoms with Crippen molar-refractivity contribution in [1.82, 2.24) is 20.8 Å². The second-order valence-corrected chi connectivity index (χ2v) is 14.7. The predicted molar refractivity (Wildman–Crippen MR) is 126 cm³/mol. The Morgan fingerprint density at radius 2 is 1.10 bits per heavy atom. The molecule has 15 heteroatoms. The number of carbonyl (C=O) groups is 2. The first-order valence-corrected chi connectivity index (χ1v) is 12.9. The van der Waals surface area contributed by atoms with Gasteiger partial charge in [0.05, 0.1) is 0 Å². The van der Waals surface area contributed by atoms with Crippen LogP contribution in [0.4, 0.5) is 0 Å². The standard InChI is InChI=1S/C14H18Cl6N4O2S3/c1-5(2)7(25)21-9(13(15,16)17)27-11-23-24-12(29-11)28-10(14(18,19)20)22-8(26)6(3)4/h5-6,9-10H,1-4H3,(H,21,25)(H,22,26)/t9-,10+. The second kappa shape index (κ2) is 11.7. The number of alkyl halides is 6. The van der Waals surface area contributed by atoms with Crippen molar-refractivity contribution in [2.45, 2.75) is 54.7 Å². The number of rotatable bonds is 8. The minimum atomic E-state index is -1.78. The number of carbonyl (C=O) groups excluding carboxylic acids is 2. The number of thioether (sulfide) groups is 2. The van der Waals surface area contributed by atoms with Gasteiger partial charge in [-0.15, -0.1) is 10.2 Å². The molecule has 1 heterocycles. The normalized spacial score (nSPS) is 14.8. The van der Waals surface area contributed by atoms with Gasteiger partial charge in [-0.25, -0.2) is 0 Å². The molecule has 2 N–H and O–H groups in total. The van der Waals surface area contributed by atoms with Crippen molar-refractivity contribution in [1.29, 1.82) is 0 Å². The minimum absolute atomic E-state index is 0.277. The number of hydrogen-bond donors (Lipinski definition) is 2. The summed E-state index contributed by atoms with van der Waals surface area (Å²) in [4.78, 5) is 24.0. The number of nitrogens with zero attached hydrogens (tertiary/aromatic N) is 2. The van der Waals surface area contributed by atoms with Crippen LogP contribution in [0.15, 0.2) is 8.68 Å². The van der Waals surface area contributed by atoms with Gasteiger partial charge in [0, 0.05) is 11.8 Å². The highest BCUT2D eigenvalue weighted by atomic mass is 35.6. The molecule has 0 unspecified atom stereocenters. The van der Waals surface area contributed by atoms with Gasteiger partial charge < -0.3 is 10.6 Å². The average molecular weight is 583 g/mol. The zero-order chi connectivity index (χ0) is 22.6. The maximum Gasteiger partial charge on any atom is 0.223 e. The lowest BCUT2D eigenvalue weighted by molar-refractivity contribution is -0.124. The van der Waals surface area contributed by atoms with E-state index in [0.29, 0.717) is 8.68 Å². The number of amides is 2. The number of hydrogen-bond acceptors (Lipinski definition) is 7. The Labute approximate surface area is 211 Å². The first-order chi connectivity index (χ1) is 13.1. The van der Waals surface area contributed by atoms with Gasteiger partial charge in [0.1, 0.15) is 10.7 Å². The molecule has 0 bridgehead atoms. The molecule has 0 spiro atoms. The van der Waals surface area contributed by atoms with E-state index in [1.807, 2.05) is 0 Å². The van der Waals surface area contributed by atoms with Gasteiger partial charge in [-0.05, 0) is 0 Å². The zero-order valence-electron chi connectivity index (χ0n) is 15.5.